The Bertz CT molecular complexity index is 1090. The van der Waals surface area contributed by atoms with Gasteiger partial charge in [-0.1, -0.05) is 30.3 Å². The molecule has 1 aromatic heterocycles. The molecular formula is C22H16N2O3. The van der Waals surface area contributed by atoms with Gasteiger partial charge in [-0.2, -0.15) is 0 Å². The van der Waals surface area contributed by atoms with E-state index in [0.29, 0.717) is 18.5 Å². The van der Waals surface area contributed by atoms with Crippen molar-refractivity contribution in [2.45, 2.75) is 12.3 Å². The topological polar surface area (TPSA) is 70.5 Å². The van der Waals surface area contributed by atoms with E-state index in [-0.39, 0.29) is 17.4 Å². The lowest BCUT2D eigenvalue weighted by molar-refractivity contribution is 0.0696. The van der Waals surface area contributed by atoms with Crippen LogP contribution < -0.4 is 4.90 Å². The molecule has 1 unspecified atom stereocenters. The third kappa shape index (κ3) is 2.35. The first-order valence-corrected chi connectivity index (χ1v) is 8.86. The molecule has 2 aromatic carbocycles. The molecule has 0 saturated carbocycles. The van der Waals surface area contributed by atoms with Gasteiger partial charge in [-0.3, -0.25) is 9.78 Å². The van der Waals surface area contributed by atoms with E-state index >= 15 is 0 Å². The Kier molecular flexibility index (Phi) is 3.37. The summed E-state index contributed by atoms with van der Waals surface area (Å²) in [5, 5.41) is 9.30. The number of carbonyl (C=O) groups excluding carboxylic acids is 1. The minimum atomic E-state index is -0.985. The fraction of sp³-hybridized carbons (Fsp3) is 0.136. The highest BCUT2D eigenvalue weighted by Crippen LogP contribution is 2.48. The summed E-state index contributed by atoms with van der Waals surface area (Å²) in [5.41, 5.74) is 5.62. The first-order valence-electron chi connectivity index (χ1n) is 8.86. The summed E-state index contributed by atoms with van der Waals surface area (Å²) in [6.45, 7) is 0.613. The van der Waals surface area contributed by atoms with E-state index in [1.54, 1.807) is 6.07 Å². The average Bonchev–Trinajstić information content (AvgIpc) is 3.07. The standard InChI is InChI=1S/C22H16N2O3/c25-21(13-5-2-1-3-6-13)24-12-15-10-18-17(9-14(11-23-18)22(26)27)16-7-4-8-19(24)20(15)16/h1-9,11,15H,10,12H2,(H,26,27). The molecule has 2 aliphatic rings. The van der Waals surface area contributed by atoms with E-state index in [4.69, 9.17) is 0 Å². The van der Waals surface area contributed by atoms with Gasteiger partial charge < -0.3 is 10.0 Å². The van der Waals surface area contributed by atoms with Crippen molar-refractivity contribution in [3.8, 4) is 11.1 Å². The number of pyridine rings is 1. The number of hydrogen-bond donors (Lipinski definition) is 1. The zero-order valence-corrected chi connectivity index (χ0v) is 14.4. The van der Waals surface area contributed by atoms with E-state index in [2.05, 4.69) is 4.98 Å². The van der Waals surface area contributed by atoms with Crippen molar-refractivity contribution in [2.75, 3.05) is 11.4 Å². The van der Waals surface area contributed by atoms with Gasteiger partial charge in [0.2, 0.25) is 0 Å². The zero-order valence-electron chi connectivity index (χ0n) is 14.4. The average molecular weight is 356 g/mol. The lowest BCUT2D eigenvalue weighted by Gasteiger charge is -2.23. The van der Waals surface area contributed by atoms with Crippen molar-refractivity contribution < 1.29 is 14.7 Å². The summed E-state index contributed by atoms with van der Waals surface area (Å²) in [6, 6.07) is 16.9. The SMILES string of the molecule is O=C(O)c1cnc2c(c1)-c1cccc3c1C(C2)CN3C(=O)c1ccccc1. The van der Waals surface area contributed by atoms with Crippen LogP contribution in [0.15, 0.2) is 60.8 Å². The Balaban J connectivity index is 1.62. The Morgan fingerprint density at radius 2 is 1.81 bits per heavy atom. The normalized spacial score (nSPS) is 16.6. The van der Waals surface area contributed by atoms with Crippen LogP contribution in [-0.4, -0.2) is 28.5 Å². The van der Waals surface area contributed by atoms with Crippen molar-refractivity contribution in [3.05, 3.63) is 83.2 Å². The second kappa shape index (κ2) is 5.77. The van der Waals surface area contributed by atoms with Gasteiger partial charge in [-0.05, 0) is 41.8 Å². The number of carboxylic acid groups (broad SMARTS) is 1. The quantitative estimate of drug-likeness (QED) is 0.759. The number of benzene rings is 2. The zero-order chi connectivity index (χ0) is 18.5. The predicted octanol–water partition coefficient (Wildman–Crippen LogP) is 3.75. The molecule has 1 aliphatic carbocycles. The van der Waals surface area contributed by atoms with Gasteiger partial charge in [-0.25, -0.2) is 4.79 Å². The molecule has 2 heterocycles. The maximum atomic E-state index is 13.1. The third-order valence-electron chi connectivity index (χ3n) is 5.40. The molecule has 1 atom stereocenters. The second-order valence-corrected chi connectivity index (χ2v) is 6.94. The summed E-state index contributed by atoms with van der Waals surface area (Å²) in [6.07, 6.45) is 2.12. The van der Waals surface area contributed by atoms with Crippen LogP contribution in [0.5, 0.6) is 0 Å². The number of anilines is 1. The Hall–Kier alpha value is -3.47. The second-order valence-electron chi connectivity index (χ2n) is 6.94. The molecule has 0 radical (unpaired) electrons. The summed E-state index contributed by atoms with van der Waals surface area (Å²) < 4.78 is 0. The van der Waals surface area contributed by atoms with Crippen molar-refractivity contribution in [1.82, 2.24) is 4.98 Å². The van der Waals surface area contributed by atoms with Crippen molar-refractivity contribution in [3.63, 3.8) is 0 Å². The molecule has 0 saturated heterocycles. The number of carboxylic acids is 1. The number of amides is 1. The fourth-order valence-electron chi connectivity index (χ4n) is 4.20. The van der Waals surface area contributed by atoms with Crippen LogP contribution in [0.4, 0.5) is 5.69 Å². The summed E-state index contributed by atoms with van der Waals surface area (Å²) in [5.74, 6) is -0.818. The lowest BCUT2D eigenvalue weighted by Crippen LogP contribution is -2.30. The molecule has 3 aromatic rings. The molecule has 0 fully saturated rings. The van der Waals surface area contributed by atoms with Crippen LogP contribution in [0.1, 0.15) is 37.9 Å². The van der Waals surface area contributed by atoms with Gasteiger partial charge in [0.25, 0.3) is 5.91 Å². The Morgan fingerprint density at radius 3 is 2.59 bits per heavy atom. The van der Waals surface area contributed by atoms with Crippen LogP contribution in [0.2, 0.25) is 0 Å². The Morgan fingerprint density at radius 1 is 1.00 bits per heavy atom. The number of carbonyl (C=O) groups is 2. The molecule has 5 heteroatoms. The summed E-state index contributed by atoms with van der Waals surface area (Å²) in [4.78, 5) is 30.6. The van der Waals surface area contributed by atoms with Gasteiger partial charge >= 0.3 is 5.97 Å². The van der Waals surface area contributed by atoms with Crippen LogP contribution >= 0.6 is 0 Å². The van der Waals surface area contributed by atoms with Crippen molar-refractivity contribution >= 4 is 17.6 Å². The van der Waals surface area contributed by atoms with E-state index in [0.717, 1.165) is 28.1 Å². The van der Waals surface area contributed by atoms with Crippen molar-refractivity contribution in [1.29, 1.82) is 0 Å². The third-order valence-corrected chi connectivity index (χ3v) is 5.40. The molecule has 0 bridgehead atoms. The number of rotatable bonds is 2. The van der Waals surface area contributed by atoms with E-state index in [1.165, 1.54) is 6.20 Å². The highest BCUT2D eigenvalue weighted by atomic mass is 16.4. The molecule has 5 nitrogen and oxygen atoms in total. The first-order chi connectivity index (χ1) is 13.1. The molecule has 1 aliphatic heterocycles. The number of aromatic carboxylic acids is 1. The van der Waals surface area contributed by atoms with Crippen LogP contribution in [0.3, 0.4) is 0 Å². The van der Waals surface area contributed by atoms with Crippen LogP contribution in [0.25, 0.3) is 11.1 Å². The molecular weight excluding hydrogens is 340 g/mol. The number of fused-ring (bicyclic) bond motifs is 2. The van der Waals surface area contributed by atoms with E-state index in [9.17, 15) is 14.7 Å². The number of nitrogens with zero attached hydrogens (tertiary/aromatic N) is 2. The number of hydrogen-bond acceptors (Lipinski definition) is 3. The van der Waals surface area contributed by atoms with Crippen LogP contribution in [-0.2, 0) is 6.42 Å². The molecule has 132 valence electrons. The molecule has 1 amide bonds. The monoisotopic (exact) mass is 356 g/mol. The predicted molar refractivity (Wildman–Crippen MR) is 101 cm³/mol. The van der Waals surface area contributed by atoms with E-state index in [1.807, 2.05) is 53.4 Å². The minimum absolute atomic E-state index is 0.0124. The molecule has 1 N–H and O–H groups in total. The van der Waals surface area contributed by atoms with Gasteiger partial charge in [0, 0.05) is 41.2 Å². The largest absolute Gasteiger partial charge is 0.478 e. The van der Waals surface area contributed by atoms with Crippen molar-refractivity contribution in [2.24, 2.45) is 0 Å². The first kappa shape index (κ1) is 15.8. The molecule has 0 spiro atoms. The minimum Gasteiger partial charge on any atom is -0.478 e. The maximum Gasteiger partial charge on any atom is 0.337 e. The number of aromatic nitrogens is 1. The van der Waals surface area contributed by atoms with Gasteiger partial charge in [0.15, 0.2) is 0 Å². The highest BCUT2D eigenvalue weighted by molar-refractivity contribution is 6.08. The molecule has 27 heavy (non-hydrogen) atoms. The highest BCUT2D eigenvalue weighted by Gasteiger charge is 2.38. The molecule has 5 rings (SSSR count). The van der Waals surface area contributed by atoms with E-state index < -0.39 is 5.97 Å². The summed E-state index contributed by atoms with van der Waals surface area (Å²) in [7, 11) is 0. The fourth-order valence-corrected chi connectivity index (χ4v) is 4.20. The smallest absolute Gasteiger partial charge is 0.337 e. The van der Waals surface area contributed by atoms with Gasteiger partial charge in [0.1, 0.15) is 0 Å². The Labute approximate surface area is 155 Å². The van der Waals surface area contributed by atoms with Gasteiger partial charge in [-0.15, -0.1) is 0 Å². The van der Waals surface area contributed by atoms with Gasteiger partial charge in [0.05, 0.1) is 5.56 Å². The lowest BCUT2D eigenvalue weighted by atomic mass is 9.81. The van der Waals surface area contributed by atoms with Crippen LogP contribution in [0, 0.1) is 0 Å². The summed E-state index contributed by atoms with van der Waals surface area (Å²) >= 11 is 0. The maximum absolute atomic E-state index is 13.1.